The summed E-state index contributed by atoms with van der Waals surface area (Å²) in [5.41, 5.74) is 2.32. The standard InChI is InChI=1S/C22H24O2S2/c1-3-5-13-25-17-11-7-9-15-19(17)21(23)16-10-8-12-18(20(16)22(15)24)26-14-6-4-2/h7-12H,3-6,13-14H2,1-2H3. The predicted octanol–water partition coefficient (Wildman–Crippen LogP) is 6.25. The number of hydrogen-bond donors (Lipinski definition) is 0. The summed E-state index contributed by atoms with van der Waals surface area (Å²) < 4.78 is 0. The van der Waals surface area contributed by atoms with E-state index in [0.717, 1.165) is 47.0 Å². The highest BCUT2D eigenvalue weighted by atomic mass is 32.2. The molecular weight excluding hydrogens is 360 g/mol. The Balaban J connectivity index is 2.00. The average Bonchev–Trinajstić information content (AvgIpc) is 2.66. The maximum Gasteiger partial charge on any atom is 0.195 e. The van der Waals surface area contributed by atoms with E-state index in [9.17, 15) is 9.59 Å². The molecule has 1 aliphatic carbocycles. The molecule has 0 saturated carbocycles. The van der Waals surface area contributed by atoms with Crippen molar-refractivity contribution < 1.29 is 9.59 Å². The highest BCUT2D eigenvalue weighted by Crippen LogP contribution is 2.38. The quantitative estimate of drug-likeness (QED) is 0.340. The maximum absolute atomic E-state index is 13.2. The van der Waals surface area contributed by atoms with Crippen molar-refractivity contribution in [2.45, 2.75) is 49.3 Å². The number of thioether (sulfide) groups is 2. The van der Waals surface area contributed by atoms with Gasteiger partial charge in [0.05, 0.1) is 0 Å². The number of benzene rings is 2. The minimum atomic E-state index is -0.00728. The summed E-state index contributed by atoms with van der Waals surface area (Å²) in [5, 5.41) is 0. The molecule has 0 saturated heterocycles. The van der Waals surface area contributed by atoms with Crippen molar-refractivity contribution in [3.05, 3.63) is 58.7 Å². The summed E-state index contributed by atoms with van der Waals surface area (Å²) in [6, 6.07) is 11.3. The minimum Gasteiger partial charge on any atom is -0.289 e. The van der Waals surface area contributed by atoms with Crippen LogP contribution in [-0.2, 0) is 0 Å². The molecule has 136 valence electrons. The number of unbranched alkanes of at least 4 members (excludes halogenated alkanes) is 2. The van der Waals surface area contributed by atoms with Crippen LogP contribution in [-0.4, -0.2) is 23.1 Å². The molecule has 1 aliphatic rings. The smallest absolute Gasteiger partial charge is 0.195 e. The zero-order chi connectivity index (χ0) is 18.5. The molecule has 3 rings (SSSR count). The second-order valence-electron chi connectivity index (χ2n) is 6.42. The zero-order valence-corrected chi connectivity index (χ0v) is 17.0. The van der Waals surface area contributed by atoms with E-state index in [0.29, 0.717) is 22.3 Å². The van der Waals surface area contributed by atoms with Gasteiger partial charge < -0.3 is 0 Å². The Bertz CT molecular complexity index is 757. The van der Waals surface area contributed by atoms with E-state index in [1.807, 2.05) is 24.3 Å². The summed E-state index contributed by atoms with van der Waals surface area (Å²) in [4.78, 5) is 28.3. The van der Waals surface area contributed by atoms with Gasteiger partial charge in [-0.2, -0.15) is 0 Å². The van der Waals surface area contributed by atoms with Crippen LogP contribution in [0.25, 0.3) is 0 Å². The maximum atomic E-state index is 13.2. The molecule has 0 amide bonds. The first kappa shape index (κ1) is 19.2. The van der Waals surface area contributed by atoms with Gasteiger partial charge in [-0.1, -0.05) is 51.0 Å². The Morgan fingerprint density at radius 3 is 1.50 bits per heavy atom. The van der Waals surface area contributed by atoms with Gasteiger partial charge in [0.25, 0.3) is 0 Å². The lowest BCUT2D eigenvalue weighted by atomic mass is 9.84. The topological polar surface area (TPSA) is 34.1 Å². The lowest BCUT2D eigenvalue weighted by Crippen LogP contribution is -2.22. The van der Waals surface area contributed by atoms with Gasteiger partial charge in [-0.05, 0) is 36.5 Å². The number of carbonyl (C=O) groups excluding carboxylic acids is 2. The van der Waals surface area contributed by atoms with Crippen molar-refractivity contribution in [2.75, 3.05) is 11.5 Å². The SMILES string of the molecule is CCCCSc1cccc2c1C(=O)c1cccc(SCCCC)c1C2=O. The molecule has 0 atom stereocenters. The summed E-state index contributed by atoms with van der Waals surface area (Å²) in [7, 11) is 0. The molecule has 0 unspecified atom stereocenters. The van der Waals surface area contributed by atoms with Crippen LogP contribution < -0.4 is 0 Å². The van der Waals surface area contributed by atoms with Crippen molar-refractivity contribution in [1.82, 2.24) is 0 Å². The molecule has 2 aromatic carbocycles. The fourth-order valence-corrected chi connectivity index (χ4v) is 5.42. The molecule has 2 nitrogen and oxygen atoms in total. The molecule has 4 heteroatoms. The Kier molecular flexibility index (Phi) is 6.60. The monoisotopic (exact) mass is 384 g/mol. The Morgan fingerprint density at radius 1 is 0.692 bits per heavy atom. The van der Waals surface area contributed by atoms with Crippen LogP contribution in [0, 0.1) is 0 Å². The molecule has 0 aliphatic heterocycles. The lowest BCUT2D eigenvalue weighted by Gasteiger charge is -2.22. The Morgan fingerprint density at radius 2 is 1.12 bits per heavy atom. The molecule has 0 bridgehead atoms. The van der Waals surface area contributed by atoms with Crippen molar-refractivity contribution in [1.29, 1.82) is 0 Å². The molecule has 0 aromatic heterocycles. The van der Waals surface area contributed by atoms with Crippen molar-refractivity contribution in [3.63, 3.8) is 0 Å². The van der Waals surface area contributed by atoms with Crippen LogP contribution in [0.4, 0.5) is 0 Å². The van der Waals surface area contributed by atoms with Gasteiger partial charge in [0.1, 0.15) is 0 Å². The molecule has 2 aromatic rings. The average molecular weight is 385 g/mol. The van der Waals surface area contributed by atoms with Crippen molar-refractivity contribution in [3.8, 4) is 0 Å². The van der Waals surface area contributed by atoms with Gasteiger partial charge in [-0.25, -0.2) is 0 Å². The molecule has 0 radical (unpaired) electrons. The largest absolute Gasteiger partial charge is 0.289 e. The molecular formula is C22H24O2S2. The lowest BCUT2D eigenvalue weighted by molar-refractivity contribution is 0.0974. The molecule has 0 fully saturated rings. The Hall–Kier alpha value is -1.52. The van der Waals surface area contributed by atoms with E-state index in [4.69, 9.17) is 0 Å². The van der Waals surface area contributed by atoms with E-state index in [1.165, 1.54) is 0 Å². The highest BCUT2D eigenvalue weighted by Gasteiger charge is 2.33. The van der Waals surface area contributed by atoms with Crippen LogP contribution in [0.3, 0.4) is 0 Å². The zero-order valence-electron chi connectivity index (χ0n) is 15.3. The van der Waals surface area contributed by atoms with Crippen LogP contribution in [0.15, 0.2) is 46.2 Å². The van der Waals surface area contributed by atoms with Gasteiger partial charge in [-0.15, -0.1) is 23.5 Å². The van der Waals surface area contributed by atoms with E-state index in [1.54, 1.807) is 35.7 Å². The van der Waals surface area contributed by atoms with Gasteiger partial charge >= 0.3 is 0 Å². The van der Waals surface area contributed by atoms with Gasteiger partial charge in [-0.3, -0.25) is 9.59 Å². The van der Waals surface area contributed by atoms with Gasteiger partial charge in [0.15, 0.2) is 11.6 Å². The van der Waals surface area contributed by atoms with E-state index < -0.39 is 0 Å². The summed E-state index contributed by atoms with van der Waals surface area (Å²) >= 11 is 3.37. The summed E-state index contributed by atoms with van der Waals surface area (Å²) in [5.74, 6) is 1.92. The number of fused-ring (bicyclic) bond motifs is 2. The fraction of sp³-hybridized carbons (Fsp3) is 0.364. The first-order chi connectivity index (χ1) is 12.7. The third-order valence-electron chi connectivity index (χ3n) is 4.51. The second-order valence-corrected chi connectivity index (χ2v) is 8.69. The molecule has 0 N–H and O–H groups in total. The Labute approximate surface area is 164 Å². The third kappa shape index (κ3) is 3.77. The third-order valence-corrected chi connectivity index (χ3v) is 6.79. The summed E-state index contributed by atoms with van der Waals surface area (Å²) in [6.45, 7) is 4.31. The van der Waals surface area contributed by atoms with Crippen molar-refractivity contribution in [2.24, 2.45) is 0 Å². The minimum absolute atomic E-state index is 0.00728. The van der Waals surface area contributed by atoms with Crippen LogP contribution >= 0.6 is 23.5 Å². The van der Waals surface area contributed by atoms with Crippen LogP contribution in [0.2, 0.25) is 0 Å². The summed E-state index contributed by atoms with van der Waals surface area (Å²) in [6.07, 6.45) is 4.45. The molecule has 26 heavy (non-hydrogen) atoms. The first-order valence-electron chi connectivity index (χ1n) is 9.30. The highest BCUT2D eigenvalue weighted by molar-refractivity contribution is 7.99. The van der Waals surface area contributed by atoms with E-state index in [-0.39, 0.29) is 11.6 Å². The van der Waals surface area contributed by atoms with Crippen molar-refractivity contribution >= 4 is 35.1 Å². The van der Waals surface area contributed by atoms with E-state index in [2.05, 4.69) is 13.8 Å². The first-order valence-corrected chi connectivity index (χ1v) is 11.3. The molecule has 0 spiro atoms. The van der Waals surface area contributed by atoms with Gasteiger partial charge in [0.2, 0.25) is 0 Å². The van der Waals surface area contributed by atoms with Crippen LogP contribution in [0.5, 0.6) is 0 Å². The second kappa shape index (κ2) is 8.92. The van der Waals surface area contributed by atoms with Gasteiger partial charge in [0, 0.05) is 32.0 Å². The number of rotatable bonds is 8. The number of ketones is 2. The fourth-order valence-electron chi connectivity index (χ4n) is 3.07. The number of carbonyl (C=O) groups is 2. The molecule has 0 heterocycles. The number of hydrogen-bond acceptors (Lipinski definition) is 4. The normalized spacial score (nSPS) is 12.8. The van der Waals surface area contributed by atoms with Crippen LogP contribution in [0.1, 0.15) is 71.4 Å². The predicted molar refractivity (Wildman–Crippen MR) is 111 cm³/mol. The van der Waals surface area contributed by atoms with E-state index >= 15 is 0 Å².